The molecule has 25 heavy (non-hydrogen) atoms. The molecule has 130 valence electrons. The highest BCUT2D eigenvalue weighted by Gasteiger charge is 2.16. The highest BCUT2D eigenvalue weighted by atomic mass is 32.1. The van der Waals surface area contributed by atoms with Crippen LogP contribution in [-0.2, 0) is 4.79 Å². The van der Waals surface area contributed by atoms with Crippen molar-refractivity contribution in [2.75, 3.05) is 18.9 Å². The fraction of sp³-hybridized carbons (Fsp3) is 0.222. The zero-order valence-corrected chi connectivity index (χ0v) is 14.7. The van der Waals surface area contributed by atoms with Gasteiger partial charge in [-0.3, -0.25) is 9.69 Å². The Hall–Kier alpha value is -2.51. The molecule has 3 rings (SSSR count). The number of halogens is 1. The van der Waals surface area contributed by atoms with Crippen molar-refractivity contribution in [3.63, 3.8) is 0 Å². The Kier molecular flexibility index (Phi) is 4.96. The number of aromatic nitrogens is 1. The van der Waals surface area contributed by atoms with Crippen molar-refractivity contribution >= 4 is 32.6 Å². The molecule has 1 aromatic heterocycles. The van der Waals surface area contributed by atoms with Crippen LogP contribution >= 0.6 is 11.3 Å². The lowest BCUT2D eigenvalue weighted by Crippen LogP contribution is -2.32. The quantitative estimate of drug-likeness (QED) is 0.728. The van der Waals surface area contributed by atoms with E-state index in [0.717, 1.165) is 5.56 Å². The average Bonchev–Trinajstić information content (AvgIpc) is 2.95. The summed E-state index contributed by atoms with van der Waals surface area (Å²) in [5.74, 6) is -0.327. The predicted octanol–water partition coefficient (Wildman–Crippen LogP) is 3.77. The second kappa shape index (κ2) is 7.16. The summed E-state index contributed by atoms with van der Waals surface area (Å²) in [5.41, 5.74) is 1.58. The molecule has 1 amide bonds. The highest BCUT2D eigenvalue weighted by Crippen LogP contribution is 2.27. The third-order valence-corrected chi connectivity index (χ3v) is 4.94. The number of carbonyl (C=O) groups is 1. The van der Waals surface area contributed by atoms with Gasteiger partial charge in [-0.05, 0) is 49.9 Å². The van der Waals surface area contributed by atoms with Crippen LogP contribution in [-0.4, -0.2) is 34.5 Å². The Morgan fingerprint density at radius 2 is 2.16 bits per heavy atom. The van der Waals surface area contributed by atoms with Gasteiger partial charge in [-0.25, -0.2) is 9.37 Å². The van der Waals surface area contributed by atoms with Gasteiger partial charge in [0.25, 0.3) is 0 Å². The maximum absolute atomic E-state index is 13.2. The number of rotatable bonds is 5. The zero-order valence-electron chi connectivity index (χ0n) is 13.9. The van der Waals surface area contributed by atoms with Crippen molar-refractivity contribution in [1.29, 1.82) is 0 Å². The number of phenolic OH excluding ortho intramolecular Hbond substituents is 1. The molecule has 3 aromatic rings. The van der Waals surface area contributed by atoms with Crippen LogP contribution in [0.25, 0.3) is 10.2 Å². The number of hydrogen-bond donors (Lipinski definition) is 2. The smallest absolute Gasteiger partial charge is 0.240 e. The molecule has 1 atom stereocenters. The van der Waals surface area contributed by atoms with Gasteiger partial charge in [-0.2, -0.15) is 0 Å². The van der Waals surface area contributed by atoms with Gasteiger partial charge < -0.3 is 10.4 Å². The van der Waals surface area contributed by atoms with Gasteiger partial charge in [0.15, 0.2) is 5.13 Å². The summed E-state index contributed by atoms with van der Waals surface area (Å²) in [7, 11) is 1.84. The van der Waals surface area contributed by atoms with Gasteiger partial charge in [-0.15, -0.1) is 0 Å². The number of aromatic hydroxyl groups is 1. The fourth-order valence-electron chi connectivity index (χ4n) is 2.51. The molecule has 1 heterocycles. The molecule has 5 nitrogen and oxygen atoms in total. The number of phenols is 1. The van der Waals surface area contributed by atoms with Gasteiger partial charge in [-0.1, -0.05) is 23.5 Å². The Balaban J connectivity index is 1.64. The van der Waals surface area contributed by atoms with Gasteiger partial charge in [0.1, 0.15) is 11.6 Å². The number of nitrogens with one attached hydrogen (secondary N) is 1. The van der Waals surface area contributed by atoms with E-state index in [1.54, 1.807) is 24.3 Å². The van der Waals surface area contributed by atoms with Crippen molar-refractivity contribution in [2.45, 2.75) is 13.0 Å². The molecule has 7 heteroatoms. The van der Waals surface area contributed by atoms with Crippen molar-refractivity contribution in [1.82, 2.24) is 9.88 Å². The van der Waals surface area contributed by atoms with E-state index < -0.39 is 0 Å². The summed E-state index contributed by atoms with van der Waals surface area (Å²) in [5, 5.41) is 12.8. The first-order chi connectivity index (χ1) is 11.9. The van der Waals surface area contributed by atoms with E-state index in [1.165, 1.54) is 23.5 Å². The highest BCUT2D eigenvalue weighted by molar-refractivity contribution is 7.22. The van der Waals surface area contributed by atoms with E-state index in [0.29, 0.717) is 15.3 Å². The zero-order chi connectivity index (χ0) is 18.0. The lowest BCUT2D eigenvalue weighted by molar-refractivity contribution is -0.117. The van der Waals surface area contributed by atoms with Crippen LogP contribution in [0.3, 0.4) is 0 Å². The predicted molar refractivity (Wildman–Crippen MR) is 97.4 cm³/mol. The molecule has 0 aliphatic heterocycles. The Labute approximate surface area is 148 Å². The summed E-state index contributed by atoms with van der Waals surface area (Å²) in [6.07, 6.45) is 0. The van der Waals surface area contributed by atoms with Crippen molar-refractivity contribution in [3.05, 3.63) is 53.8 Å². The molecular formula is C18H18FN3O2S. The molecule has 2 aromatic carbocycles. The van der Waals surface area contributed by atoms with Gasteiger partial charge in [0.05, 0.1) is 16.8 Å². The van der Waals surface area contributed by atoms with E-state index in [1.807, 2.05) is 24.9 Å². The SMILES string of the molecule is C[C@@H](c1cccc(O)c1)N(C)CC(=O)Nc1nc2ccc(F)cc2s1. The lowest BCUT2D eigenvalue weighted by Gasteiger charge is -2.24. The summed E-state index contributed by atoms with van der Waals surface area (Å²) in [6.45, 7) is 2.13. The second-order valence-corrected chi connectivity index (χ2v) is 6.90. The van der Waals surface area contributed by atoms with Gasteiger partial charge in [0, 0.05) is 6.04 Å². The maximum atomic E-state index is 13.2. The molecule has 0 bridgehead atoms. The van der Waals surface area contributed by atoms with Crippen molar-refractivity contribution < 1.29 is 14.3 Å². The van der Waals surface area contributed by atoms with Crippen LogP contribution in [0.15, 0.2) is 42.5 Å². The van der Waals surface area contributed by atoms with Crippen molar-refractivity contribution in [3.8, 4) is 5.75 Å². The second-order valence-electron chi connectivity index (χ2n) is 5.87. The van der Waals surface area contributed by atoms with Crippen LogP contribution in [0.1, 0.15) is 18.5 Å². The number of fused-ring (bicyclic) bond motifs is 1. The fourth-order valence-corrected chi connectivity index (χ4v) is 3.42. The van der Waals surface area contributed by atoms with E-state index in [4.69, 9.17) is 0 Å². The number of likely N-dealkylation sites (N-methyl/N-ethyl adjacent to an activating group) is 1. The molecule has 2 N–H and O–H groups in total. The van der Waals surface area contributed by atoms with Gasteiger partial charge in [0.2, 0.25) is 5.91 Å². The first kappa shape index (κ1) is 17.3. The monoisotopic (exact) mass is 359 g/mol. The average molecular weight is 359 g/mol. The third kappa shape index (κ3) is 4.12. The van der Waals surface area contributed by atoms with Gasteiger partial charge >= 0.3 is 0 Å². The standard InChI is InChI=1S/C18H18FN3O2S/c1-11(12-4-3-5-14(23)8-12)22(2)10-17(24)21-18-20-15-7-6-13(19)9-16(15)25-18/h3-9,11,23H,10H2,1-2H3,(H,20,21,24)/t11-/m0/s1. The summed E-state index contributed by atoms with van der Waals surface area (Å²) in [6, 6.07) is 11.3. The Morgan fingerprint density at radius 3 is 2.92 bits per heavy atom. The molecule has 0 saturated carbocycles. The number of nitrogens with zero attached hydrogens (tertiary/aromatic N) is 2. The topological polar surface area (TPSA) is 65.5 Å². The molecule has 0 spiro atoms. The minimum atomic E-state index is -0.325. The summed E-state index contributed by atoms with van der Waals surface area (Å²) < 4.78 is 13.9. The number of anilines is 1. The number of thiazole rings is 1. The number of hydrogen-bond acceptors (Lipinski definition) is 5. The maximum Gasteiger partial charge on any atom is 0.240 e. The largest absolute Gasteiger partial charge is 0.508 e. The number of carbonyl (C=O) groups excluding carboxylic acids is 1. The van der Waals surface area contributed by atoms with Crippen LogP contribution in [0.5, 0.6) is 5.75 Å². The van der Waals surface area contributed by atoms with Crippen LogP contribution in [0.4, 0.5) is 9.52 Å². The summed E-state index contributed by atoms with van der Waals surface area (Å²) in [4.78, 5) is 18.4. The van der Waals surface area contributed by atoms with Crippen molar-refractivity contribution in [2.24, 2.45) is 0 Å². The molecule has 0 aliphatic rings. The van der Waals surface area contributed by atoms with E-state index in [9.17, 15) is 14.3 Å². The first-order valence-electron chi connectivity index (χ1n) is 7.77. The molecular weight excluding hydrogens is 341 g/mol. The Bertz CT molecular complexity index is 912. The minimum Gasteiger partial charge on any atom is -0.508 e. The number of benzene rings is 2. The van der Waals surface area contributed by atoms with Crippen LogP contribution in [0.2, 0.25) is 0 Å². The molecule has 0 radical (unpaired) electrons. The van der Waals surface area contributed by atoms with Crippen LogP contribution < -0.4 is 5.32 Å². The molecule has 0 unspecified atom stereocenters. The summed E-state index contributed by atoms with van der Waals surface area (Å²) >= 11 is 1.24. The third-order valence-electron chi connectivity index (χ3n) is 4.00. The molecule has 0 fully saturated rings. The minimum absolute atomic E-state index is 0.0395. The Morgan fingerprint density at radius 1 is 1.36 bits per heavy atom. The van der Waals surface area contributed by atoms with E-state index in [-0.39, 0.29) is 30.1 Å². The van der Waals surface area contributed by atoms with Crippen LogP contribution in [0, 0.1) is 5.82 Å². The van der Waals surface area contributed by atoms with E-state index in [2.05, 4.69) is 10.3 Å². The first-order valence-corrected chi connectivity index (χ1v) is 8.59. The normalized spacial score (nSPS) is 12.5. The lowest BCUT2D eigenvalue weighted by atomic mass is 10.1. The van der Waals surface area contributed by atoms with E-state index >= 15 is 0 Å². The number of amides is 1. The molecule has 0 aliphatic carbocycles. The molecule has 0 saturated heterocycles.